The molecule has 0 spiro atoms. The highest BCUT2D eigenvalue weighted by atomic mass is 16.2. The molecule has 0 unspecified atom stereocenters. The third-order valence-electron chi connectivity index (χ3n) is 5.72. The summed E-state index contributed by atoms with van der Waals surface area (Å²) in [6, 6.07) is 15.6. The molecule has 0 saturated heterocycles. The van der Waals surface area contributed by atoms with E-state index in [4.69, 9.17) is 0 Å². The Hall–Kier alpha value is -3.68. The van der Waals surface area contributed by atoms with Crippen LogP contribution in [0.4, 0.5) is 11.4 Å². The minimum Gasteiger partial charge on any atom is -0.375 e. The van der Waals surface area contributed by atoms with Gasteiger partial charge in [-0.2, -0.15) is 10.2 Å². The molecule has 2 aromatic carbocycles. The van der Waals surface area contributed by atoms with Crippen molar-refractivity contribution in [3.63, 3.8) is 0 Å². The van der Waals surface area contributed by atoms with E-state index >= 15 is 0 Å². The van der Waals surface area contributed by atoms with Gasteiger partial charge in [0.2, 0.25) is 0 Å². The first-order chi connectivity index (χ1) is 17.2. The minimum absolute atomic E-state index is 0.656. The summed E-state index contributed by atoms with van der Waals surface area (Å²) in [5.41, 5.74) is 8.29. The first-order valence-electron chi connectivity index (χ1n) is 12.4. The number of nitrogens with one attached hydrogen (secondary N) is 2. The molecule has 2 aromatic rings. The molecule has 0 fully saturated rings. The van der Waals surface area contributed by atoms with Crippen LogP contribution in [0.2, 0.25) is 0 Å². The highest BCUT2D eigenvalue weighted by molar-refractivity contribution is 6.35. The van der Waals surface area contributed by atoms with E-state index in [1.165, 1.54) is 12.4 Å². The normalized spacial score (nSPS) is 11.4. The van der Waals surface area contributed by atoms with Gasteiger partial charge in [-0.3, -0.25) is 9.59 Å². The molecule has 0 saturated carbocycles. The van der Waals surface area contributed by atoms with Gasteiger partial charge in [-0.25, -0.2) is 10.9 Å². The van der Waals surface area contributed by atoms with Gasteiger partial charge in [0.1, 0.15) is 0 Å². The summed E-state index contributed by atoms with van der Waals surface area (Å²) >= 11 is 0. The fourth-order valence-electron chi connectivity index (χ4n) is 3.22. The Labute approximate surface area is 215 Å². The number of benzene rings is 2. The predicted octanol–water partition coefficient (Wildman–Crippen LogP) is 4.25. The molecule has 0 atom stereocenters. The third-order valence-corrected chi connectivity index (χ3v) is 5.72. The van der Waals surface area contributed by atoms with E-state index < -0.39 is 11.8 Å². The number of hydrogen-bond acceptors (Lipinski definition) is 6. The Balaban J connectivity index is 1.77. The standard InChI is InChI=1S/C28H40N6O2/c1-21(2)15-17-33(5)25-11-7-23(8-12-25)19-29-31-27(35)28(36)32-30-20-24-9-13-26(14-10-24)34(6)18-16-22(3)4/h7-14,19-22H,15-18H2,1-6H3,(H,31,35)(H,32,36)/b29-19-,30-20-. The van der Waals surface area contributed by atoms with E-state index in [2.05, 4.69) is 72.6 Å². The average Bonchev–Trinajstić information content (AvgIpc) is 2.86. The van der Waals surface area contributed by atoms with Crippen molar-refractivity contribution >= 4 is 35.6 Å². The maximum absolute atomic E-state index is 12.0. The van der Waals surface area contributed by atoms with Gasteiger partial charge in [0, 0.05) is 38.6 Å². The quantitative estimate of drug-likeness (QED) is 0.263. The van der Waals surface area contributed by atoms with E-state index in [1.54, 1.807) is 0 Å². The van der Waals surface area contributed by atoms with Crippen LogP contribution in [0.1, 0.15) is 51.7 Å². The molecule has 2 N–H and O–H groups in total. The molecule has 0 aliphatic rings. The first-order valence-corrected chi connectivity index (χ1v) is 12.4. The second-order valence-corrected chi connectivity index (χ2v) is 9.79. The van der Waals surface area contributed by atoms with E-state index in [-0.39, 0.29) is 0 Å². The van der Waals surface area contributed by atoms with Crippen LogP contribution in [0, 0.1) is 11.8 Å². The highest BCUT2D eigenvalue weighted by Gasteiger charge is 2.11. The molecule has 0 aliphatic carbocycles. The largest absolute Gasteiger partial charge is 0.375 e. The zero-order chi connectivity index (χ0) is 26.5. The summed E-state index contributed by atoms with van der Waals surface area (Å²) in [6.45, 7) is 10.8. The van der Waals surface area contributed by atoms with E-state index in [0.717, 1.165) is 48.4 Å². The topological polar surface area (TPSA) is 89.4 Å². The molecule has 0 bridgehead atoms. The molecule has 8 nitrogen and oxygen atoms in total. The van der Waals surface area contributed by atoms with Crippen molar-refractivity contribution in [2.75, 3.05) is 37.0 Å². The zero-order valence-corrected chi connectivity index (χ0v) is 22.4. The second kappa shape index (κ2) is 14.7. The van der Waals surface area contributed by atoms with Gasteiger partial charge in [-0.1, -0.05) is 52.0 Å². The number of nitrogens with zero attached hydrogens (tertiary/aromatic N) is 4. The average molecular weight is 493 g/mol. The summed E-state index contributed by atoms with van der Waals surface area (Å²) in [7, 11) is 4.13. The van der Waals surface area contributed by atoms with Crippen molar-refractivity contribution in [1.29, 1.82) is 0 Å². The summed E-state index contributed by atoms with van der Waals surface area (Å²) in [5.74, 6) is -0.474. The minimum atomic E-state index is -0.893. The Morgan fingerprint density at radius 3 is 1.33 bits per heavy atom. The Morgan fingerprint density at radius 2 is 1.03 bits per heavy atom. The fraction of sp³-hybridized carbons (Fsp3) is 0.429. The summed E-state index contributed by atoms with van der Waals surface area (Å²) in [6.07, 6.45) is 5.23. The second-order valence-electron chi connectivity index (χ2n) is 9.79. The highest BCUT2D eigenvalue weighted by Crippen LogP contribution is 2.15. The monoisotopic (exact) mass is 492 g/mol. The van der Waals surface area contributed by atoms with E-state index in [1.807, 2.05) is 48.5 Å². The van der Waals surface area contributed by atoms with Gasteiger partial charge in [0.15, 0.2) is 0 Å². The molecule has 194 valence electrons. The van der Waals surface area contributed by atoms with Gasteiger partial charge in [0.05, 0.1) is 12.4 Å². The summed E-state index contributed by atoms with van der Waals surface area (Å²) < 4.78 is 0. The number of carbonyl (C=O) groups is 2. The first kappa shape index (κ1) is 28.6. The molecular weight excluding hydrogens is 452 g/mol. The number of anilines is 2. The van der Waals surface area contributed by atoms with Crippen LogP contribution in [0.15, 0.2) is 58.7 Å². The Kier molecular flexibility index (Phi) is 11.6. The maximum Gasteiger partial charge on any atom is 0.331 e. The third kappa shape index (κ3) is 10.3. The van der Waals surface area contributed by atoms with E-state index in [0.29, 0.717) is 11.8 Å². The molecule has 36 heavy (non-hydrogen) atoms. The molecule has 8 heteroatoms. The fourth-order valence-corrected chi connectivity index (χ4v) is 3.22. The van der Waals surface area contributed by atoms with Crippen LogP contribution in [-0.4, -0.2) is 51.4 Å². The van der Waals surface area contributed by atoms with Crippen molar-refractivity contribution in [3.8, 4) is 0 Å². The lowest BCUT2D eigenvalue weighted by Crippen LogP contribution is -2.35. The van der Waals surface area contributed by atoms with Gasteiger partial charge in [-0.15, -0.1) is 0 Å². The number of rotatable bonds is 12. The van der Waals surface area contributed by atoms with Crippen LogP contribution >= 0.6 is 0 Å². The van der Waals surface area contributed by atoms with Gasteiger partial charge in [-0.05, 0) is 60.1 Å². The van der Waals surface area contributed by atoms with Crippen molar-refractivity contribution in [3.05, 3.63) is 59.7 Å². The predicted molar refractivity (Wildman–Crippen MR) is 150 cm³/mol. The lowest BCUT2D eigenvalue weighted by Gasteiger charge is -2.20. The SMILES string of the molecule is CC(C)CCN(C)c1ccc(/C=N\NC(=O)C(=O)N/N=C\c2ccc(N(C)CCC(C)C)cc2)cc1. The molecule has 2 amide bonds. The lowest BCUT2D eigenvalue weighted by atomic mass is 10.1. The maximum atomic E-state index is 12.0. The summed E-state index contributed by atoms with van der Waals surface area (Å²) in [5, 5.41) is 7.72. The van der Waals surface area contributed by atoms with Gasteiger partial charge in [0.25, 0.3) is 0 Å². The van der Waals surface area contributed by atoms with Crippen LogP contribution in [0.5, 0.6) is 0 Å². The number of hydrogen-bond donors (Lipinski definition) is 2. The smallest absolute Gasteiger partial charge is 0.331 e. The number of hydrazone groups is 2. The van der Waals surface area contributed by atoms with Crippen LogP contribution in [-0.2, 0) is 9.59 Å². The number of amides is 2. The molecular formula is C28H40N6O2. The lowest BCUT2D eigenvalue weighted by molar-refractivity contribution is -0.139. The Morgan fingerprint density at radius 1 is 0.694 bits per heavy atom. The van der Waals surface area contributed by atoms with Crippen molar-refractivity contribution in [2.45, 2.75) is 40.5 Å². The van der Waals surface area contributed by atoms with Gasteiger partial charge < -0.3 is 9.80 Å². The molecule has 2 rings (SSSR count). The van der Waals surface area contributed by atoms with Crippen LogP contribution in [0.3, 0.4) is 0 Å². The van der Waals surface area contributed by atoms with Crippen molar-refractivity contribution < 1.29 is 9.59 Å². The van der Waals surface area contributed by atoms with Crippen LogP contribution < -0.4 is 20.7 Å². The van der Waals surface area contributed by atoms with Crippen molar-refractivity contribution in [1.82, 2.24) is 10.9 Å². The number of carbonyl (C=O) groups excluding carboxylic acids is 2. The van der Waals surface area contributed by atoms with Gasteiger partial charge >= 0.3 is 11.8 Å². The molecule has 0 heterocycles. The summed E-state index contributed by atoms with van der Waals surface area (Å²) in [4.78, 5) is 28.3. The Bertz CT molecular complexity index is 930. The molecule has 0 aromatic heterocycles. The molecule has 0 aliphatic heterocycles. The van der Waals surface area contributed by atoms with E-state index in [9.17, 15) is 9.59 Å². The molecule has 0 radical (unpaired) electrons. The van der Waals surface area contributed by atoms with Crippen LogP contribution in [0.25, 0.3) is 0 Å². The zero-order valence-electron chi connectivity index (χ0n) is 22.4. The van der Waals surface area contributed by atoms with Crippen molar-refractivity contribution in [2.24, 2.45) is 22.0 Å².